The van der Waals surface area contributed by atoms with Gasteiger partial charge in [-0.3, -0.25) is 19.3 Å². The molecule has 0 fully saturated rings. The number of imide groups is 1. The fourth-order valence-corrected chi connectivity index (χ4v) is 1.54. The number of amides is 2. The number of rotatable bonds is 5. The van der Waals surface area contributed by atoms with E-state index in [0.717, 1.165) is 17.7 Å². The second kappa shape index (κ2) is 7.37. The molecule has 0 aromatic carbocycles. The van der Waals surface area contributed by atoms with E-state index < -0.39 is 17.8 Å². The molecule has 0 radical (unpaired) electrons. The molecule has 1 aliphatic heterocycles. The van der Waals surface area contributed by atoms with Crippen LogP contribution in [0.3, 0.4) is 0 Å². The van der Waals surface area contributed by atoms with Crippen molar-refractivity contribution in [2.24, 2.45) is 0 Å². The maximum atomic E-state index is 11.9. The minimum atomic E-state index is -0.455. The first-order valence-electron chi connectivity index (χ1n) is 6.23. The minimum absolute atomic E-state index is 0.00162. The van der Waals surface area contributed by atoms with E-state index in [4.69, 9.17) is 0 Å². The molecule has 2 amide bonds. The number of esters is 1. The van der Waals surface area contributed by atoms with Crippen molar-refractivity contribution in [1.82, 2.24) is 4.90 Å². The van der Waals surface area contributed by atoms with E-state index in [9.17, 15) is 14.4 Å². The largest absolute Gasteiger partial charge is 0.469 e. The summed E-state index contributed by atoms with van der Waals surface area (Å²) < 4.78 is 4.47. The SMILES string of the molecule is CCCCC#CC1=CC(=O)N(CCC(=O)OC)C1=O. The van der Waals surface area contributed by atoms with Crippen molar-refractivity contribution in [2.75, 3.05) is 13.7 Å². The Morgan fingerprint density at radius 3 is 2.79 bits per heavy atom. The van der Waals surface area contributed by atoms with Crippen LogP contribution in [-0.2, 0) is 19.1 Å². The number of hydrogen-bond acceptors (Lipinski definition) is 4. The molecule has 1 rings (SSSR count). The van der Waals surface area contributed by atoms with Gasteiger partial charge in [-0.1, -0.05) is 25.2 Å². The molecular weight excluding hydrogens is 246 g/mol. The van der Waals surface area contributed by atoms with Crippen molar-refractivity contribution in [3.63, 3.8) is 0 Å². The lowest BCUT2D eigenvalue weighted by Crippen LogP contribution is -2.33. The third-order valence-electron chi connectivity index (χ3n) is 2.65. The normalized spacial score (nSPS) is 14.0. The lowest BCUT2D eigenvalue weighted by Gasteiger charge is -2.12. The highest BCUT2D eigenvalue weighted by Gasteiger charge is 2.30. The standard InChI is InChI=1S/C14H17NO4/c1-3-4-5-6-7-11-10-12(16)15(14(11)18)9-8-13(17)19-2/h10H,3-5,8-9H2,1-2H3. The lowest BCUT2D eigenvalue weighted by molar-refractivity contribution is -0.142. The number of carbonyl (C=O) groups excluding carboxylic acids is 3. The Labute approximate surface area is 112 Å². The van der Waals surface area contributed by atoms with Crippen LogP contribution in [-0.4, -0.2) is 36.3 Å². The van der Waals surface area contributed by atoms with Crippen LogP contribution in [0, 0.1) is 11.8 Å². The predicted octanol–water partition coefficient (Wildman–Crippen LogP) is 1.04. The van der Waals surface area contributed by atoms with E-state index in [0.29, 0.717) is 6.42 Å². The van der Waals surface area contributed by atoms with Crippen molar-refractivity contribution in [3.05, 3.63) is 11.6 Å². The molecule has 102 valence electrons. The van der Waals surface area contributed by atoms with Crippen LogP contribution in [0.2, 0.25) is 0 Å². The van der Waals surface area contributed by atoms with Crippen LogP contribution in [0.15, 0.2) is 11.6 Å². The number of carbonyl (C=O) groups is 3. The van der Waals surface area contributed by atoms with Crippen LogP contribution >= 0.6 is 0 Å². The van der Waals surface area contributed by atoms with Crippen molar-refractivity contribution in [1.29, 1.82) is 0 Å². The van der Waals surface area contributed by atoms with Gasteiger partial charge in [0.15, 0.2) is 0 Å². The van der Waals surface area contributed by atoms with Gasteiger partial charge >= 0.3 is 5.97 Å². The topological polar surface area (TPSA) is 63.7 Å². The van der Waals surface area contributed by atoms with Crippen molar-refractivity contribution >= 4 is 17.8 Å². The van der Waals surface area contributed by atoms with Crippen LogP contribution in [0.1, 0.15) is 32.6 Å². The summed E-state index contributed by atoms with van der Waals surface area (Å²) >= 11 is 0. The number of methoxy groups -OCH3 is 1. The maximum Gasteiger partial charge on any atom is 0.307 e. The number of ether oxygens (including phenoxy) is 1. The zero-order valence-electron chi connectivity index (χ0n) is 11.2. The fraction of sp³-hybridized carbons (Fsp3) is 0.500. The first-order chi connectivity index (χ1) is 9.10. The molecule has 1 heterocycles. The monoisotopic (exact) mass is 263 g/mol. The summed E-state index contributed by atoms with van der Waals surface area (Å²) in [6.45, 7) is 2.08. The summed E-state index contributed by atoms with van der Waals surface area (Å²) in [6, 6.07) is 0. The highest BCUT2D eigenvalue weighted by atomic mass is 16.5. The molecule has 0 saturated heterocycles. The molecule has 0 aliphatic carbocycles. The van der Waals surface area contributed by atoms with Gasteiger partial charge in [-0.05, 0) is 6.42 Å². The summed E-state index contributed by atoms with van der Waals surface area (Å²) in [5.41, 5.74) is 0.200. The van der Waals surface area contributed by atoms with Crippen molar-refractivity contribution in [3.8, 4) is 11.8 Å². The zero-order chi connectivity index (χ0) is 14.3. The average Bonchev–Trinajstić information content (AvgIpc) is 2.67. The minimum Gasteiger partial charge on any atom is -0.469 e. The molecule has 0 aromatic heterocycles. The van der Waals surface area contributed by atoms with E-state index in [2.05, 4.69) is 23.5 Å². The molecule has 1 aliphatic rings. The van der Waals surface area contributed by atoms with Gasteiger partial charge in [0.05, 0.1) is 19.1 Å². The predicted molar refractivity (Wildman–Crippen MR) is 68.7 cm³/mol. The molecular formula is C14H17NO4. The Morgan fingerprint density at radius 2 is 2.16 bits per heavy atom. The van der Waals surface area contributed by atoms with E-state index in [1.54, 1.807) is 0 Å². The molecule has 0 atom stereocenters. The Bertz CT molecular complexity index is 468. The van der Waals surface area contributed by atoms with E-state index in [-0.39, 0.29) is 18.5 Å². The molecule has 0 N–H and O–H groups in total. The Balaban J connectivity index is 2.57. The van der Waals surface area contributed by atoms with Gasteiger partial charge in [-0.25, -0.2) is 0 Å². The number of hydrogen-bond donors (Lipinski definition) is 0. The lowest BCUT2D eigenvalue weighted by atomic mass is 10.2. The third-order valence-corrected chi connectivity index (χ3v) is 2.65. The average molecular weight is 263 g/mol. The van der Waals surface area contributed by atoms with Gasteiger partial charge in [-0.2, -0.15) is 0 Å². The van der Waals surface area contributed by atoms with Crippen LogP contribution in [0.25, 0.3) is 0 Å². The van der Waals surface area contributed by atoms with Gasteiger partial charge in [-0.15, -0.1) is 0 Å². The van der Waals surface area contributed by atoms with Gasteiger partial charge in [0, 0.05) is 19.0 Å². The first kappa shape index (κ1) is 15.0. The highest BCUT2D eigenvalue weighted by Crippen LogP contribution is 2.12. The highest BCUT2D eigenvalue weighted by molar-refractivity contribution is 6.18. The van der Waals surface area contributed by atoms with Crippen LogP contribution in [0.4, 0.5) is 0 Å². The molecule has 0 unspecified atom stereocenters. The second-order valence-electron chi connectivity index (χ2n) is 4.08. The molecule has 5 heteroatoms. The summed E-state index contributed by atoms with van der Waals surface area (Å²) in [5, 5.41) is 0. The maximum absolute atomic E-state index is 11.9. The summed E-state index contributed by atoms with van der Waals surface area (Å²) in [4.78, 5) is 35.5. The summed E-state index contributed by atoms with van der Waals surface area (Å²) in [7, 11) is 1.26. The fourth-order valence-electron chi connectivity index (χ4n) is 1.54. The molecule has 0 spiro atoms. The Morgan fingerprint density at radius 1 is 1.42 bits per heavy atom. The van der Waals surface area contributed by atoms with Crippen LogP contribution < -0.4 is 0 Å². The van der Waals surface area contributed by atoms with Crippen molar-refractivity contribution < 1.29 is 19.1 Å². The molecule has 5 nitrogen and oxygen atoms in total. The second-order valence-corrected chi connectivity index (χ2v) is 4.08. The third kappa shape index (κ3) is 4.25. The van der Waals surface area contributed by atoms with Gasteiger partial charge in [0.2, 0.25) is 0 Å². The van der Waals surface area contributed by atoms with E-state index >= 15 is 0 Å². The Hall–Kier alpha value is -2.09. The van der Waals surface area contributed by atoms with Crippen LogP contribution in [0.5, 0.6) is 0 Å². The van der Waals surface area contributed by atoms with Gasteiger partial charge < -0.3 is 4.74 Å². The molecule has 0 bridgehead atoms. The number of nitrogens with zero attached hydrogens (tertiary/aromatic N) is 1. The van der Waals surface area contributed by atoms with E-state index in [1.807, 2.05) is 0 Å². The Kier molecular flexibility index (Phi) is 5.80. The smallest absolute Gasteiger partial charge is 0.307 e. The number of unbranched alkanes of at least 4 members (excludes halogenated alkanes) is 2. The quantitative estimate of drug-likeness (QED) is 0.322. The molecule has 0 aromatic rings. The van der Waals surface area contributed by atoms with Crippen molar-refractivity contribution in [2.45, 2.75) is 32.6 Å². The van der Waals surface area contributed by atoms with Gasteiger partial charge in [0.1, 0.15) is 0 Å². The molecule has 0 saturated carbocycles. The summed E-state index contributed by atoms with van der Waals surface area (Å²) in [6.07, 6.45) is 3.93. The molecule has 19 heavy (non-hydrogen) atoms. The first-order valence-corrected chi connectivity index (χ1v) is 6.23. The summed E-state index contributed by atoms with van der Waals surface area (Å²) in [5.74, 6) is 4.27. The van der Waals surface area contributed by atoms with Gasteiger partial charge in [0.25, 0.3) is 11.8 Å². The zero-order valence-corrected chi connectivity index (χ0v) is 11.2. The van der Waals surface area contributed by atoms with E-state index in [1.165, 1.54) is 13.2 Å².